The first-order valence-electron chi connectivity index (χ1n) is 24.4. The van der Waals surface area contributed by atoms with Crippen molar-refractivity contribution in [2.24, 2.45) is 0 Å². The first-order valence-corrected chi connectivity index (χ1v) is 24.4. The van der Waals surface area contributed by atoms with Crippen LogP contribution in [0.4, 0.5) is 0 Å². The van der Waals surface area contributed by atoms with Gasteiger partial charge in [0, 0.05) is 10.9 Å². The Kier molecular flexibility index (Phi) is 8.66. The van der Waals surface area contributed by atoms with Crippen LogP contribution < -0.4 is 0 Å². The van der Waals surface area contributed by atoms with Crippen LogP contribution in [-0.2, 0) is 0 Å². The Balaban J connectivity index is 0.993. The normalized spacial score (nSPS) is 11.9. The van der Waals surface area contributed by atoms with E-state index in [9.17, 15) is 0 Å². The summed E-state index contributed by atoms with van der Waals surface area (Å²) in [5, 5.41) is 15.7. The van der Waals surface area contributed by atoms with Crippen molar-refractivity contribution in [1.29, 1.82) is 0 Å². The zero-order valence-corrected chi connectivity index (χ0v) is 38.5. The summed E-state index contributed by atoms with van der Waals surface area (Å²) in [6.45, 7) is 0. The quantitative estimate of drug-likeness (QED) is 0.161. The lowest BCUT2D eigenvalue weighted by molar-refractivity contribution is 1.16. The molecular formula is C68H41N3. The van der Waals surface area contributed by atoms with Gasteiger partial charge in [0.2, 0.25) is 0 Å². The number of hydrogen-bond acceptors (Lipinski definition) is 2. The lowest BCUT2D eigenvalue weighted by Crippen LogP contribution is -1.98. The highest BCUT2D eigenvalue weighted by atomic mass is 15.1. The van der Waals surface area contributed by atoms with Gasteiger partial charge in [-0.05, 0) is 158 Å². The highest BCUT2D eigenvalue weighted by Gasteiger charge is 2.22. The monoisotopic (exact) mass is 899 g/mol. The molecule has 0 radical (unpaired) electrons. The van der Waals surface area contributed by atoms with Crippen molar-refractivity contribution in [3.05, 3.63) is 249 Å². The van der Waals surface area contributed by atoms with Crippen molar-refractivity contribution in [3.8, 4) is 55.9 Å². The fourth-order valence-electron chi connectivity index (χ4n) is 11.7. The Labute approximate surface area is 409 Å². The van der Waals surface area contributed by atoms with Crippen molar-refractivity contribution in [2.45, 2.75) is 0 Å². The van der Waals surface area contributed by atoms with Crippen molar-refractivity contribution < 1.29 is 0 Å². The Morgan fingerprint density at radius 3 is 1.23 bits per heavy atom. The van der Waals surface area contributed by atoms with Crippen LogP contribution >= 0.6 is 0 Å². The Morgan fingerprint density at radius 2 is 0.648 bits per heavy atom. The van der Waals surface area contributed by atoms with Gasteiger partial charge in [0.25, 0.3) is 0 Å². The minimum absolute atomic E-state index is 0.869. The second kappa shape index (κ2) is 15.5. The maximum absolute atomic E-state index is 5.36. The predicted molar refractivity (Wildman–Crippen MR) is 300 cm³/mol. The molecule has 0 saturated heterocycles. The van der Waals surface area contributed by atoms with E-state index in [-0.39, 0.29) is 0 Å². The van der Waals surface area contributed by atoms with Gasteiger partial charge in [0.1, 0.15) is 11.5 Å². The van der Waals surface area contributed by atoms with Gasteiger partial charge in [-0.25, -0.2) is 9.97 Å². The highest BCUT2D eigenvalue weighted by Crippen LogP contribution is 2.49. The molecule has 0 saturated carbocycles. The molecule has 0 aliphatic heterocycles. The van der Waals surface area contributed by atoms with Crippen LogP contribution in [0.1, 0.15) is 0 Å². The molecule has 0 fully saturated rings. The second-order valence-electron chi connectivity index (χ2n) is 18.8. The van der Waals surface area contributed by atoms with Crippen molar-refractivity contribution in [3.63, 3.8) is 0 Å². The lowest BCUT2D eigenvalue weighted by Gasteiger charge is -2.21. The Bertz CT molecular complexity index is 4660. The van der Waals surface area contributed by atoms with Crippen LogP contribution in [-0.4, -0.2) is 14.4 Å². The van der Waals surface area contributed by atoms with E-state index in [0.717, 1.165) is 44.5 Å². The van der Waals surface area contributed by atoms with Crippen molar-refractivity contribution >= 4 is 92.2 Å². The van der Waals surface area contributed by atoms with E-state index < -0.39 is 0 Å². The summed E-state index contributed by atoms with van der Waals surface area (Å²) in [6.07, 6.45) is 0. The van der Waals surface area contributed by atoms with Gasteiger partial charge in [-0.15, -0.1) is 0 Å². The number of imidazole rings is 1. The maximum Gasteiger partial charge on any atom is 0.149 e. The number of benzene rings is 13. The minimum atomic E-state index is 0.869. The number of aromatic nitrogens is 3. The fraction of sp³-hybridized carbons (Fsp3) is 0. The molecule has 13 aromatic carbocycles. The average Bonchev–Trinajstić information content (AvgIpc) is 3.83. The number of rotatable bonds is 5. The summed E-state index contributed by atoms with van der Waals surface area (Å²) in [7, 11) is 0. The SMILES string of the molecule is c1cc(-c2c3ccccc3c(-c3ccc4c(-c5ccc6ccccc6c5)c5ccccc5c(-c5ccc6ccccc6c5)c4c3)c3ccccc23)cc(-c2nc3ccccc3c3nc4ccccc4n23)c1. The molecule has 0 bridgehead atoms. The van der Waals surface area contributed by atoms with E-state index in [0.29, 0.717) is 0 Å². The number of para-hydroxylation sites is 3. The third-order valence-corrected chi connectivity index (χ3v) is 14.9. The lowest BCUT2D eigenvalue weighted by atomic mass is 9.82. The molecule has 3 heteroatoms. The van der Waals surface area contributed by atoms with Crippen molar-refractivity contribution in [1.82, 2.24) is 14.4 Å². The summed E-state index contributed by atoms with van der Waals surface area (Å²) in [6, 6.07) is 91.1. The zero-order valence-electron chi connectivity index (χ0n) is 38.5. The minimum Gasteiger partial charge on any atom is -0.276 e. The molecule has 15 aromatic rings. The van der Waals surface area contributed by atoms with Gasteiger partial charge in [0.15, 0.2) is 0 Å². The first kappa shape index (κ1) is 39.5. The molecule has 0 amide bonds. The van der Waals surface area contributed by atoms with Gasteiger partial charge in [-0.1, -0.05) is 200 Å². The molecule has 15 rings (SSSR count). The molecule has 0 N–H and O–H groups in total. The summed E-state index contributed by atoms with van der Waals surface area (Å²) in [4.78, 5) is 10.5. The summed E-state index contributed by atoms with van der Waals surface area (Å²) in [5.41, 5.74) is 14.5. The van der Waals surface area contributed by atoms with Crippen LogP contribution in [0.15, 0.2) is 249 Å². The number of hydrogen-bond donors (Lipinski definition) is 0. The molecule has 3 nitrogen and oxygen atoms in total. The van der Waals surface area contributed by atoms with Gasteiger partial charge in [-0.2, -0.15) is 0 Å². The van der Waals surface area contributed by atoms with E-state index in [4.69, 9.17) is 9.97 Å². The molecule has 328 valence electrons. The average molecular weight is 900 g/mol. The van der Waals surface area contributed by atoms with Gasteiger partial charge >= 0.3 is 0 Å². The van der Waals surface area contributed by atoms with Crippen LogP contribution in [0.3, 0.4) is 0 Å². The molecule has 2 aromatic heterocycles. The smallest absolute Gasteiger partial charge is 0.149 e. The van der Waals surface area contributed by atoms with Crippen LogP contribution in [0.5, 0.6) is 0 Å². The Morgan fingerprint density at radius 1 is 0.239 bits per heavy atom. The van der Waals surface area contributed by atoms with Crippen molar-refractivity contribution in [2.75, 3.05) is 0 Å². The highest BCUT2D eigenvalue weighted by molar-refractivity contribution is 6.25. The first-order chi connectivity index (χ1) is 35.2. The molecular weight excluding hydrogens is 859 g/mol. The fourth-order valence-corrected chi connectivity index (χ4v) is 11.7. The topological polar surface area (TPSA) is 30.2 Å². The zero-order chi connectivity index (χ0) is 46.6. The second-order valence-corrected chi connectivity index (χ2v) is 18.8. The maximum atomic E-state index is 5.36. The van der Waals surface area contributed by atoms with Crippen LogP contribution in [0.2, 0.25) is 0 Å². The predicted octanol–water partition coefficient (Wildman–Crippen LogP) is 18.3. The molecule has 2 heterocycles. The third-order valence-electron chi connectivity index (χ3n) is 14.9. The molecule has 0 aliphatic rings. The molecule has 0 aliphatic carbocycles. The molecule has 0 unspecified atom stereocenters. The summed E-state index contributed by atoms with van der Waals surface area (Å²) >= 11 is 0. The summed E-state index contributed by atoms with van der Waals surface area (Å²) < 4.78 is 2.23. The standard InChI is InChI=1S/C68H41N3/c1-3-18-44-38-47(34-32-42(44)16-1)64-55-26-9-10-27-56(55)66(48-35-33-43-17-2-4-19-45(43)39-48)59-41-49(36-37-57(59)64)65-53-24-7-5-22-51(53)63(52-23-6-8-25-54(52)65)46-20-15-21-50(40-46)67-69-60-29-12-11-28-58(60)68-70-61-30-13-14-31-62(61)71(67)68/h1-41H. The number of nitrogens with zero attached hydrogens (tertiary/aromatic N) is 3. The third kappa shape index (κ3) is 6.10. The summed E-state index contributed by atoms with van der Waals surface area (Å²) in [5.74, 6) is 0.869. The van der Waals surface area contributed by atoms with Gasteiger partial charge < -0.3 is 0 Å². The molecule has 71 heavy (non-hydrogen) atoms. The molecule has 0 atom stereocenters. The molecule has 0 spiro atoms. The van der Waals surface area contributed by atoms with Gasteiger partial charge in [-0.3, -0.25) is 4.40 Å². The van der Waals surface area contributed by atoms with E-state index in [1.165, 1.54) is 104 Å². The van der Waals surface area contributed by atoms with E-state index >= 15 is 0 Å². The van der Waals surface area contributed by atoms with Gasteiger partial charge in [0.05, 0.1) is 16.6 Å². The van der Waals surface area contributed by atoms with E-state index in [2.05, 4.69) is 253 Å². The van der Waals surface area contributed by atoms with E-state index in [1.807, 2.05) is 0 Å². The van der Waals surface area contributed by atoms with Crippen LogP contribution in [0, 0.1) is 0 Å². The van der Waals surface area contributed by atoms with Crippen LogP contribution in [0.25, 0.3) is 148 Å². The van der Waals surface area contributed by atoms with E-state index in [1.54, 1.807) is 0 Å². The largest absolute Gasteiger partial charge is 0.276 e. The Hall–Kier alpha value is -9.44. The number of fused-ring (bicyclic) bond motifs is 11.